The molecule has 4 N–H and O–H groups in total. The molecule has 0 spiro atoms. The van der Waals surface area contributed by atoms with Gasteiger partial charge in [-0.2, -0.15) is 0 Å². The zero-order valence-electron chi connectivity index (χ0n) is 11.8. The second kappa shape index (κ2) is 8.25. The standard InChI is InChI=1S/C13H15N3O6/c1-21-9-4-2-8(3-5-9)12(19)15-6-11(18)22-7-10(17)16-13(14)20/h2-5H,6-7H2,1H3,(H,15,19)(H3,14,16,17,20). The predicted octanol–water partition coefficient (Wildman–Crippen LogP) is -0.837. The predicted molar refractivity (Wildman–Crippen MR) is 74.0 cm³/mol. The molecule has 1 aromatic carbocycles. The third-order valence-electron chi connectivity index (χ3n) is 2.37. The Kier molecular flexibility index (Phi) is 6.35. The summed E-state index contributed by atoms with van der Waals surface area (Å²) in [6, 6.07) is 5.21. The van der Waals surface area contributed by atoms with Crippen molar-refractivity contribution >= 4 is 23.8 Å². The fourth-order valence-corrected chi connectivity index (χ4v) is 1.37. The van der Waals surface area contributed by atoms with Crippen LogP contribution in [0.3, 0.4) is 0 Å². The van der Waals surface area contributed by atoms with Gasteiger partial charge in [-0.1, -0.05) is 0 Å². The molecule has 0 heterocycles. The van der Waals surface area contributed by atoms with Crippen molar-refractivity contribution in [2.45, 2.75) is 0 Å². The number of carbonyl (C=O) groups is 4. The van der Waals surface area contributed by atoms with E-state index in [0.29, 0.717) is 11.3 Å². The Morgan fingerprint density at radius 2 is 1.77 bits per heavy atom. The number of amides is 4. The highest BCUT2D eigenvalue weighted by atomic mass is 16.5. The van der Waals surface area contributed by atoms with Crippen LogP contribution in [-0.4, -0.2) is 44.1 Å². The van der Waals surface area contributed by atoms with E-state index in [2.05, 4.69) is 10.1 Å². The molecule has 0 aromatic heterocycles. The van der Waals surface area contributed by atoms with Gasteiger partial charge in [-0.05, 0) is 24.3 Å². The fraction of sp³-hybridized carbons (Fsp3) is 0.231. The van der Waals surface area contributed by atoms with Crippen molar-refractivity contribution in [1.29, 1.82) is 0 Å². The molecule has 1 rings (SSSR count). The SMILES string of the molecule is COc1ccc(C(=O)NCC(=O)OCC(=O)NC(N)=O)cc1. The number of esters is 1. The number of imide groups is 1. The minimum atomic E-state index is -1.05. The quantitative estimate of drug-likeness (QED) is 0.586. The molecule has 0 unspecified atom stereocenters. The zero-order chi connectivity index (χ0) is 16.5. The zero-order valence-corrected chi connectivity index (χ0v) is 11.8. The number of primary amides is 1. The van der Waals surface area contributed by atoms with Gasteiger partial charge in [-0.25, -0.2) is 4.79 Å². The molecule has 9 heteroatoms. The van der Waals surface area contributed by atoms with Crippen LogP contribution < -0.4 is 21.1 Å². The number of carbonyl (C=O) groups excluding carboxylic acids is 4. The number of hydrogen-bond donors (Lipinski definition) is 3. The van der Waals surface area contributed by atoms with Crippen LogP contribution in [-0.2, 0) is 14.3 Å². The summed E-state index contributed by atoms with van der Waals surface area (Å²) in [5.41, 5.74) is 5.04. The van der Waals surface area contributed by atoms with Crippen molar-refractivity contribution < 1.29 is 28.7 Å². The van der Waals surface area contributed by atoms with Crippen molar-refractivity contribution in [2.75, 3.05) is 20.3 Å². The summed E-state index contributed by atoms with van der Waals surface area (Å²) in [6.45, 7) is -1.09. The number of ether oxygens (including phenoxy) is 2. The van der Waals surface area contributed by atoms with E-state index in [1.165, 1.54) is 19.2 Å². The Balaban J connectivity index is 2.35. The fourth-order valence-electron chi connectivity index (χ4n) is 1.37. The number of nitrogens with two attached hydrogens (primary N) is 1. The molecule has 0 aliphatic rings. The number of urea groups is 1. The molecule has 0 bridgehead atoms. The first-order valence-corrected chi connectivity index (χ1v) is 6.09. The third kappa shape index (κ3) is 5.90. The minimum Gasteiger partial charge on any atom is -0.497 e. The van der Waals surface area contributed by atoms with Gasteiger partial charge in [0.25, 0.3) is 11.8 Å². The highest BCUT2D eigenvalue weighted by Gasteiger charge is 2.11. The van der Waals surface area contributed by atoms with E-state index >= 15 is 0 Å². The normalized spacial score (nSPS) is 9.50. The molecular formula is C13H15N3O6. The summed E-state index contributed by atoms with van der Waals surface area (Å²) in [5.74, 6) is -1.58. The Labute approximate surface area is 125 Å². The summed E-state index contributed by atoms with van der Waals surface area (Å²) in [4.78, 5) is 44.4. The summed E-state index contributed by atoms with van der Waals surface area (Å²) < 4.78 is 9.49. The van der Waals surface area contributed by atoms with Gasteiger partial charge in [-0.15, -0.1) is 0 Å². The van der Waals surface area contributed by atoms with Gasteiger partial charge in [0.1, 0.15) is 12.3 Å². The van der Waals surface area contributed by atoms with E-state index in [1.54, 1.807) is 17.4 Å². The molecule has 1 aromatic rings. The van der Waals surface area contributed by atoms with E-state index in [0.717, 1.165) is 0 Å². The maximum absolute atomic E-state index is 11.7. The first-order valence-electron chi connectivity index (χ1n) is 6.09. The molecule has 0 radical (unpaired) electrons. The van der Waals surface area contributed by atoms with Gasteiger partial charge >= 0.3 is 12.0 Å². The molecule has 0 fully saturated rings. The van der Waals surface area contributed by atoms with Gasteiger partial charge in [0.2, 0.25) is 0 Å². The molecule has 4 amide bonds. The van der Waals surface area contributed by atoms with Gasteiger partial charge < -0.3 is 20.5 Å². The highest BCUT2D eigenvalue weighted by Crippen LogP contribution is 2.10. The van der Waals surface area contributed by atoms with Crippen molar-refractivity contribution in [2.24, 2.45) is 5.73 Å². The second-order valence-electron chi connectivity index (χ2n) is 3.98. The van der Waals surface area contributed by atoms with Gasteiger partial charge in [0.05, 0.1) is 7.11 Å². The van der Waals surface area contributed by atoms with Crippen LogP contribution in [0.1, 0.15) is 10.4 Å². The first-order chi connectivity index (χ1) is 10.4. The summed E-state index contributed by atoms with van der Waals surface area (Å²) in [5, 5.41) is 4.05. The van der Waals surface area contributed by atoms with E-state index in [-0.39, 0.29) is 0 Å². The largest absolute Gasteiger partial charge is 0.497 e. The Morgan fingerprint density at radius 1 is 1.14 bits per heavy atom. The van der Waals surface area contributed by atoms with Gasteiger partial charge in [-0.3, -0.25) is 19.7 Å². The number of rotatable bonds is 6. The summed E-state index contributed by atoms with van der Waals surface area (Å²) in [7, 11) is 1.50. The van der Waals surface area contributed by atoms with Crippen LogP contribution in [0.25, 0.3) is 0 Å². The molecule has 0 atom stereocenters. The molecule has 0 aliphatic carbocycles. The number of methoxy groups -OCH3 is 1. The second-order valence-corrected chi connectivity index (χ2v) is 3.98. The smallest absolute Gasteiger partial charge is 0.325 e. The summed E-state index contributed by atoms with van der Waals surface area (Å²) >= 11 is 0. The summed E-state index contributed by atoms with van der Waals surface area (Å²) in [6.07, 6.45) is 0. The van der Waals surface area contributed by atoms with Gasteiger partial charge in [0, 0.05) is 5.56 Å². The minimum absolute atomic E-state index is 0.333. The van der Waals surface area contributed by atoms with Crippen LogP contribution in [0, 0.1) is 0 Å². The molecule has 118 valence electrons. The molecule has 0 aliphatic heterocycles. The Morgan fingerprint density at radius 3 is 2.32 bits per heavy atom. The Bertz CT molecular complexity index is 570. The van der Waals surface area contributed by atoms with Crippen molar-refractivity contribution in [3.05, 3.63) is 29.8 Å². The molecule has 0 saturated heterocycles. The number of hydrogen-bond acceptors (Lipinski definition) is 6. The lowest BCUT2D eigenvalue weighted by Crippen LogP contribution is -2.39. The van der Waals surface area contributed by atoms with Crippen LogP contribution >= 0.6 is 0 Å². The lowest BCUT2D eigenvalue weighted by molar-refractivity contribution is -0.147. The third-order valence-corrected chi connectivity index (χ3v) is 2.37. The average Bonchev–Trinajstić information content (AvgIpc) is 2.50. The topological polar surface area (TPSA) is 137 Å². The van der Waals surface area contributed by atoms with Crippen LogP contribution in [0.5, 0.6) is 5.75 Å². The van der Waals surface area contributed by atoms with E-state index in [9.17, 15) is 19.2 Å². The lowest BCUT2D eigenvalue weighted by atomic mass is 10.2. The lowest BCUT2D eigenvalue weighted by Gasteiger charge is -2.06. The van der Waals surface area contributed by atoms with Gasteiger partial charge in [0.15, 0.2) is 6.61 Å². The highest BCUT2D eigenvalue weighted by molar-refractivity contribution is 5.97. The van der Waals surface area contributed by atoms with Crippen molar-refractivity contribution in [3.8, 4) is 5.75 Å². The van der Waals surface area contributed by atoms with E-state index < -0.39 is 37.0 Å². The van der Waals surface area contributed by atoms with Crippen LogP contribution in [0.15, 0.2) is 24.3 Å². The molecule has 22 heavy (non-hydrogen) atoms. The van der Waals surface area contributed by atoms with Crippen LogP contribution in [0.2, 0.25) is 0 Å². The van der Waals surface area contributed by atoms with Crippen molar-refractivity contribution in [3.63, 3.8) is 0 Å². The monoisotopic (exact) mass is 309 g/mol. The molecular weight excluding hydrogens is 294 g/mol. The van der Waals surface area contributed by atoms with Crippen molar-refractivity contribution in [1.82, 2.24) is 10.6 Å². The Hall–Kier alpha value is -3.10. The molecule has 9 nitrogen and oxygen atoms in total. The average molecular weight is 309 g/mol. The maximum Gasteiger partial charge on any atom is 0.325 e. The van der Waals surface area contributed by atoms with E-state index in [4.69, 9.17) is 10.5 Å². The first kappa shape index (κ1) is 17.0. The van der Waals surface area contributed by atoms with Crippen LogP contribution in [0.4, 0.5) is 4.79 Å². The number of nitrogens with one attached hydrogen (secondary N) is 2. The molecule has 0 saturated carbocycles. The number of benzene rings is 1. The maximum atomic E-state index is 11.7. The van der Waals surface area contributed by atoms with E-state index in [1.807, 2.05) is 0 Å².